The van der Waals surface area contributed by atoms with Crippen molar-refractivity contribution in [1.82, 2.24) is 10.3 Å². The van der Waals surface area contributed by atoms with Crippen LogP contribution >= 0.6 is 39.1 Å². The molecule has 0 bridgehead atoms. The summed E-state index contributed by atoms with van der Waals surface area (Å²) in [6.07, 6.45) is 2.19. The molecule has 0 aliphatic rings. The van der Waals surface area contributed by atoms with Crippen molar-refractivity contribution < 1.29 is 9.53 Å². The standard InChI is InChI=1S/C15H14BrCl2N3O2/c16-10-4-5-13(11(17)9-10)23-8-2-7-20-15(22)21-12-3-1-6-19-14(12)18/h1,3-6,9H,2,7-8H2,(H2,20,21,22). The third-order valence-electron chi connectivity index (χ3n) is 2.77. The van der Waals surface area contributed by atoms with Crippen LogP contribution in [0.25, 0.3) is 0 Å². The molecule has 2 amide bonds. The molecule has 2 rings (SSSR count). The highest BCUT2D eigenvalue weighted by atomic mass is 79.9. The summed E-state index contributed by atoms with van der Waals surface area (Å²) in [6.45, 7) is 0.896. The third kappa shape index (κ3) is 5.89. The van der Waals surface area contributed by atoms with Crippen molar-refractivity contribution in [2.75, 3.05) is 18.5 Å². The summed E-state index contributed by atoms with van der Waals surface area (Å²) in [4.78, 5) is 15.6. The number of nitrogens with zero attached hydrogens (tertiary/aromatic N) is 1. The van der Waals surface area contributed by atoms with Crippen LogP contribution in [0.4, 0.5) is 10.5 Å². The van der Waals surface area contributed by atoms with Crippen LogP contribution < -0.4 is 15.4 Å². The first-order valence-electron chi connectivity index (χ1n) is 6.79. The van der Waals surface area contributed by atoms with E-state index in [1.54, 1.807) is 30.5 Å². The second-order valence-corrected chi connectivity index (χ2v) is 6.18. The Morgan fingerprint density at radius 3 is 2.87 bits per heavy atom. The molecule has 0 saturated carbocycles. The Hall–Kier alpha value is -1.50. The minimum absolute atomic E-state index is 0.246. The van der Waals surface area contributed by atoms with Gasteiger partial charge in [-0.05, 0) is 36.8 Å². The lowest BCUT2D eigenvalue weighted by Gasteiger charge is -2.10. The molecule has 1 heterocycles. The van der Waals surface area contributed by atoms with Gasteiger partial charge in [-0.2, -0.15) is 0 Å². The number of anilines is 1. The summed E-state index contributed by atoms with van der Waals surface area (Å²) in [5, 5.41) is 6.12. The number of nitrogens with one attached hydrogen (secondary N) is 2. The quantitative estimate of drug-likeness (QED) is 0.525. The number of urea groups is 1. The van der Waals surface area contributed by atoms with Crippen LogP contribution in [-0.4, -0.2) is 24.2 Å². The maximum atomic E-state index is 11.7. The lowest BCUT2D eigenvalue weighted by Crippen LogP contribution is -2.30. The number of benzene rings is 1. The summed E-state index contributed by atoms with van der Waals surface area (Å²) in [7, 11) is 0. The van der Waals surface area contributed by atoms with E-state index in [-0.39, 0.29) is 11.2 Å². The molecule has 0 aliphatic carbocycles. The van der Waals surface area contributed by atoms with Gasteiger partial charge in [0.05, 0.1) is 17.3 Å². The zero-order valence-corrected chi connectivity index (χ0v) is 15.1. The van der Waals surface area contributed by atoms with Crippen molar-refractivity contribution in [1.29, 1.82) is 0 Å². The predicted octanol–water partition coefficient (Wildman–Crippen LogP) is 4.74. The fourth-order valence-corrected chi connectivity index (χ4v) is 2.59. The van der Waals surface area contributed by atoms with Gasteiger partial charge in [0.2, 0.25) is 0 Å². The number of pyridine rings is 1. The molecule has 0 saturated heterocycles. The molecule has 0 unspecified atom stereocenters. The van der Waals surface area contributed by atoms with E-state index in [1.807, 2.05) is 6.07 Å². The van der Waals surface area contributed by atoms with Crippen LogP contribution in [0.3, 0.4) is 0 Å². The SMILES string of the molecule is O=C(NCCCOc1ccc(Br)cc1Cl)Nc1cccnc1Cl. The molecule has 122 valence electrons. The van der Waals surface area contributed by atoms with Crippen LogP contribution in [0.15, 0.2) is 41.0 Å². The second-order valence-electron chi connectivity index (χ2n) is 4.50. The van der Waals surface area contributed by atoms with Crippen LogP contribution in [0.5, 0.6) is 5.75 Å². The number of ether oxygens (including phenoxy) is 1. The zero-order chi connectivity index (χ0) is 16.7. The maximum Gasteiger partial charge on any atom is 0.319 e. The van der Waals surface area contributed by atoms with Crippen LogP contribution in [0, 0.1) is 0 Å². The highest BCUT2D eigenvalue weighted by Crippen LogP contribution is 2.27. The highest BCUT2D eigenvalue weighted by molar-refractivity contribution is 9.10. The van der Waals surface area contributed by atoms with Crippen LogP contribution in [0.1, 0.15) is 6.42 Å². The number of hydrogen-bond acceptors (Lipinski definition) is 3. The molecule has 0 aliphatic heterocycles. The molecule has 1 aromatic carbocycles. The van der Waals surface area contributed by atoms with E-state index in [1.165, 1.54) is 0 Å². The molecule has 1 aromatic heterocycles. The van der Waals surface area contributed by atoms with Gasteiger partial charge in [0.25, 0.3) is 0 Å². The van der Waals surface area contributed by atoms with Gasteiger partial charge in [0.1, 0.15) is 5.75 Å². The first-order chi connectivity index (χ1) is 11.1. The third-order valence-corrected chi connectivity index (χ3v) is 3.86. The van der Waals surface area contributed by atoms with Crippen molar-refractivity contribution in [2.45, 2.75) is 6.42 Å². The lowest BCUT2D eigenvalue weighted by molar-refractivity contribution is 0.250. The number of aromatic nitrogens is 1. The van der Waals surface area contributed by atoms with E-state index in [0.717, 1.165) is 4.47 Å². The molecular formula is C15H14BrCl2N3O2. The fourth-order valence-electron chi connectivity index (χ4n) is 1.69. The smallest absolute Gasteiger partial charge is 0.319 e. The Kier molecular flexibility index (Phi) is 6.95. The molecule has 2 N–H and O–H groups in total. The molecule has 2 aromatic rings. The largest absolute Gasteiger partial charge is 0.492 e. The Balaban J connectivity index is 1.67. The fraction of sp³-hybridized carbons (Fsp3) is 0.200. The lowest BCUT2D eigenvalue weighted by atomic mass is 10.3. The monoisotopic (exact) mass is 417 g/mol. The predicted molar refractivity (Wildman–Crippen MR) is 95.5 cm³/mol. The average molecular weight is 419 g/mol. The van der Waals surface area contributed by atoms with Gasteiger partial charge in [-0.1, -0.05) is 39.1 Å². The summed E-state index contributed by atoms with van der Waals surface area (Å²) in [5.41, 5.74) is 0.463. The Bertz CT molecular complexity index is 686. The highest BCUT2D eigenvalue weighted by Gasteiger charge is 2.05. The Morgan fingerprint density at radius 2 is 2.13 bits per heavy atom. The van der Waals surface area contributed by atoms with Gasteiger partial charge in [-0.15, -0.1) is 0 Å². The van der Waals surface area contributed by atoms with Gasteiger partial charge in [0, 0.05) is 17.2 Å². The first-order valence-corrected chi connectivity index (χ1v) is 8.34. The van der Waals surface area contributed by atoms with Gasteiger partial charge in [0.15, 0.2) is 5.15 Å². The number of hydrogen-bond donors (Lipinski definition) is 2. The minimum Gasteiger partial charge on any atom is -0.492 e. The minimum atomic E-state index is -0.346. The van der Waals surface area contributed by atoms with Gasteiger partial charge in [-0.25, -0.2) is 9.78 Å². The normalized spacial score (nSPS) is 10.2. The topological polar surface area (TPSA) is 63.2 Å². The van der Waals surface area contributed by atoms with E-state index in [2.05, 4.69) is 31.5 Å². The van der Waals surface area contributed by atoms with Crippen molar-refractivity contribution in [2.24, 2.45) is 0 Å². The summed E-state index contributed by atoms with van der Waals surface area (Å²) < 4.78 is 6.45. The molecule has 8 heteroatoms. The van der Waals surface area contributed by atoms with E-state index in [0.29, 0.717) is 36.0 Å². The molecule has 0 radical (unpaired) electrons. The number of carbonyl (C=O) groups is 1. The number of carbonyl (C=O) groups excluding carboxylic acids is 1. The first kappa shape index (κ1) is 17.8. The summed E-state index contributed by atoms with van der Waals surface area (Å²) >= 11 is 15.2. The van der Waals surface area contributed by atoms with E-state index in [4.69, 9.17) is 27.9 Å². The zero-order valence-electron chi connectivity index (χ0n) is 12.0. The van der Waals surface area contributed by atoms with Gasteiger partial charge < -0.3 is 15.4 Å². The van der Waals surface area contributed by atoms with Crippen LogP contribution in [-0.2, 0) is 0 Å². The van der Waals surface area contributed by atoms with Crippen molar-refractivity contribution in [3.63, 3.8) is 0 Å². The van der Waals surface area contributed by atoms with Crippen molar-refractivity contribution in [3.8, 4) is 5.75 Å². The second kappa shape index (κ2) is 8.96. The average Bonchev–Trinajstić information content (AvgIpc) is 2.51. The number of halogens is 3. The molecule has 23 heavy (non-hydrogen) atoms. The van der Waals surface area contributed by atoms with E-state index < -0.39 is 0 Å². The van der Waals surface area contributed by atoms with Crippen molar-refractivity contribution in [3.05, 3.63) is 51.2 Å². The molecule has 0 spiro atoms. The number of amides is 2. The van der Waals surface area contributed by atoms with Crippen molar-refractivity contribution >= 4 is 50.9 Å². The maximum absolute atomic E-state index is 11.7. The summed E-state index contributed by atoms with van der Waals surface area (Å²) in [6, 6.07) is 8.42. The Labute approximate surface area is 152 Å². The molecular weight excluding hydrogens is 405 g/mol. The molecule has 5 nitrogen and oxygen atoms in total. The molecule has 0 fully saturated rings. The van der Waals surface area contributed by atoms with E-state index >= 15 is 0 Å². The Morgan fingerprint density at radius 1 is 1.30 bits per heavy atom. The van der Waals surface area contributed by atoms with Crippen LogP contribution in [0.2, 0.25) is 10.2 Å². The van der Waals surface area contributed by atoms with Gasteiger partial charge >= 0.3 is 6.03 Å². The van der Waals surface area contributed by atoms with Gasteiger partial charge in [-0.3, -0.25) is 0 Å². The molecule has 0 atom stereocenters. The summed E-state index contributed by atoms with van der Waals surface area (Å²) in [5.74, 6) is 0.612. The van der Waals surface area contributed by atoms with E-state index in [9.17, 15) is 4.79 Å². The number of rotatable bonds is 6.